The van der Waals surface area contributed by atoms with Gasteiger partial charge in [-0.15, -0.1) is 0 Å². The molecule has 0 radical (unpaired) electrons. The van der Waals surface area contributed by atoms with Crippen LogP contribution in [0.4, 0.5) is 0 Å². The number of aliphatic hydroxyl groups is 1. The average Bonchev–Trinajstić information content (AvgIpc) is 2.77. The molecule has 1 aromatic heterocycles. The van der Waals surface area contributed by atoms with Gasteiger partial charge < -0.3 is 9.63 Å². The molecule has 1 aliphatic rings. The van der Waals surface area contributed by atoms with E-state index in [2.05, 4.69) is 42.7 Å². The van der Waals surface area contributed by atoms with E-state index in [0.717, 1.165) is 25.2 Å². The fourth-order valence-electron chi connectivity index (χ4n) is 2.20. The maximum absolute atomic E-state index is 9.70. The predicted molar refractivity (Wildman–Crippen MR) is 68.2 cm³/mol. The Balaban J connectivity index is 2.09. The first-order chi connectivity index (χ1) is 8.38. The van der Waals surface area contributed by atoms with Crippen molar-refractivity contribution in [2.75, 3.05) is 13.1 Å². The number of β-amino-alcohol motifs (C(OH)–C–C–N with tert-alkyl or cyclic N) is 1. The van der Waals surface area contributed by atoms with Gasteiger partial charge in [-0.2, -0.15) is 4.98 Å². The van der Waals surface area contributed by atoms with Crippen molar-refractivity contribution in [3.8, 4) is 0 Å². The summed E-state index contributed by atoms with van der Waals surface area (Å²) in [6, 6.07) is 0.0727. The number of aromatic nitrogens is 2. The number of nitrogens with zero attached hydrogens (tertiary/aromatic N) is 3. The SMILES string of the molecule is C[C@H](c1nc(C(C)(C)C)no1)N1CCC[C@H](O)C1. The van der Waals surface area contributed by atoms with Crippen molar-refractivity contribution in [3.05, 3.63) is 11.7 Å². The second-order valence-electron chi connectivity index (χ2n) is 6.17. The molecular formula is C13H23N3O2. The number of hydrogen-bond donors (Lipinski definition) is 1. The van der Waals surface area contributed by atoms with Crippen LogP contribution in [0.2, 0.25) is 0 Å². The van der Waals surface area contributed by atoms with E-state index in [-0.39, 0.29) is 17.6 Å². The molecule has 0 bridgehead atoms. The molecule has 1 aliphatic heterocycles. The van der Waals surface area contributed by atoms with Crippen molar-refractivity contribution in [1.29, 1.82) is 0 Å². The number of hydrogen-bond acceptors (Lipinski definition) is 5. The largest absolute Gasteiger partial charge is 0.392 e. The van der Waals surface area contributed by atoms with Crippen LogP contribution >= 0.6 is 0 Å². The Labute approximate surface area is 108 Å². The van der Waals surface area contributed by atoms with Crippen LogP contribution in [0.25, 0.3) is 0 Å². The second-order valence-corrected chi connectivity index (χ2v) is 6.17. The third-order valence-corrected chi connectivity index (χ3v) is 3.45. The minimum atomic E-state index is -0.230. The van der Waals surface area contributed by atoms with Crippen LogP contribution in [-0.4, -0.2) is 39.3 Å². The maximum Gasteiger partial charge on any atom is 0.243 e. The Morgan fingerprint density at radius 2 is 2.17 bits per heavy atom. The van der Waals surface area contributed by atoms with Gasteiger partial charge in [0.2, 0.25) is 5.89 Å². The van der Waals surface area contributed by atoms with Gasteiger partial charge in [-0.25, -0.2) is 0 Å². The van der Waals surface area contributed by atoms with Gasteiger partial charge in [-0.05, 0) is 26.3 Å². The van der Waals surface area contributed by atoms with Crippen molar-refractivity contribution < 1.29 is 9.63 Å². The molecule has 1 aromatic rings. The fraction of sp³-hybridized carbons (Fsp3) is 0.846. The molecule has 0 saturated carbocycles. The van der Waals surface area contributed by atoms with Gasteiger partial charge in [0.05, 0.1) is 12.1 Å². The summed E-state index contributed by atoms with van der Waals surface area (Å²) < 4.78 is 5.36. The van der Waals surface area contributed by atoms with Crippen molar-refractivity contribution in [2.45, 2.75) is 58.1 Å². The summed E-state index contributed by atoms with van der Waals surface area (Å²) in [4.78, 5) is 6.68. The van der Waals surface area contributed by atoms with Gasteiger partial charge in [0, 0.05) is 12.0 Å². The van der Waals surface area contributed by atoms with Crippen molar-refractivity contribution in [2.24, 2.45) is 0 Å². The smallest absolute Gasteiger partial charge is 0.243 e. The topological polar surface area (TPSA) is 62.4 Å². The first-order valence-electron chi connectivity index (χ1n) is 6.64. The van der Waals surface area contributed by atoms with Crippen LogP contribution in [0, 0.1) is 0 Å². The number of likely N-dealkylation sites (tertiary alicyclic amines) is 1. The Hall–Kier alpha value is -0.940. The molecule has 102 valence electrons. The molecule has 5 nitrogen and oxygen atoms in total. The highest BCUT2D eigenvalue weighted by molar-refractivity contribution is 5.02. The minimum Gasteiger partial charge on any atom is -0.392 e. The highest BCUT2D eigenvalue weighted by Crippen LogP contribution is 2.25. The van der Waals surface area contributed by atoms with Gasteiger partial charge in [-0.3, -0.25) is 4.90 Å². The Kier molecular flexibility index (Phi) is 3.73. The van der Waals surface area contributed by atoms with Crippen molar-refractivity contribution in [1.82, 2.24) is 15.0 Å². The van der Waals surface area contributed by atoms with Gasteiger partial charge in [-0.1, -0.05) is 25.9 Å². The minimum absolute atomic E-state index is 0.0727. The Morgan fingerprint density at radius 3 is 2.72 bits per heavy atom. The lowest BCUT2D eigenvalue weighted by Crippen LogP contribution is -2.39. The molecule has 2 atom stereocenters. The molecule has 0 amide bonds. The van der Waals surface area contributed by atoms with E-state index in [1.54, 1.807) is 0 Å². The molecule has 0 aliphatic carbocycles. The lowest BCUT2D eigenvalue weighted by atomic mass is 9.96. The molecule has 5 heteroatoms. The van der Waals surface area contributed by atoms with Gasteiger partial charge in [0.15, 0.2) is 5.82 Å². The van der Waals surface area contributed by atoms with E-state index < -0.39 is 0 Å². The quantitative estimate of drug-likeness (QED) is 0.872. The van der Waals surface area contributed by atoms with Gasteiger partial charge in [0.1, 0.15) is 0 Å². The molecular weight excluding hydrogens is 230 g/mol. The normalized spacial score (nSPS) is 24.2. The van der Waals surface area contributed by atoms with Crippen molar-refractivity contribution >= 4 is 0 Å². The van der Waals surface area contributed by atoms with E-state index in [9.17, 15) is 5.11 Å². The summed E-state index contributed by atoms with van der Waals surface area (Å²) in [5.41, 5.74) is -0.0944. The van der Waals surface area contributed by atoms with Crippen LogP contribution in [-0.2, 0) is 5.41 Å². The molecule has 1 N–H and O–H groups in total. The third-order valence-electron chi connectivity index (χ3n) is 3.45. The van der Waals surface area contributed by atoms with Gasteiger partial charge >= 0.3 is 0 Å². The number of aliphatic hydroxyl groups excluding tert-OH is 1. The Morgan fingerprint density at radius 1 is 1.44 bits per heavy atom. The third kappa shape index (κ3) is 2.90. The van der Waals surface area contributed by atoms with Crippen LogP contribution in [0.1, 0.15) is 58.3 Å². The first kappa shape index (κ1) is 13.5. The highest BCUT2D eigenvalue weighted by atomic mass is 16.5. The molecule has 0 spiro atoms. The first-order valence-corrected chi connectivity index (χ1v) is 6.64. The number of rotatable bonds is 2. The molecule has 1 fully saturated rings. The summed E-state index contributed by atoms with van der Waals surface area (Å²) in [6.45, 7) is 9.92. The van der Waals surface area contributed by atoms with E-state index in [1.807, 2.05) is 0 Å². The van der Waals surface area contributed by atoms with E-state index in [1.165, 1.54) is 0 Å². The van der Waals surface area contributed by atoms with E-state index in [0.29, 0.717) is 12.4 Å². The number of piperidine rings is 1. The van der Waals surface area contributed by atoms with E-state index >= 15 is 0 Å². The summed E-state index contributed by atoms with van der Waals surface area (Å²) in [7, 11) is 0. The Bertz CT molecular complexity index is 397. The van der Waals surface area contributed by atoms with Crippen LogP contribution in [0.15, 0.2) is 4.52 Å². The summed E-state index contributed by atoms with van der Waals surface area (Å²) in [5, 5.41) is 13.7. The standard InChI is InChI=1S/C13H23N3O2/c1-9(16-7-5-6-10(17)8-16)11-14-12(15-18-11)13(2,3)4/h9-10,17H,5-8H2,1-4H3/t9-,10+/m1/s1. The fourth-order valence-corrected chi connectivity index (χ4v) is 2.20. The molecule has 18 heavy (non-hydrogen) atoms. The summed E-state index contributed by atoms with van der Waals surface area (Å²) in [6.07, 6.45) is 1.68. The van der Waals surface area contributed by atoms with Crippen LogP contribution < -0.4 is 0 Å². The van der Waals surface area contributed by atoms with Crippen molar-refractivity contribution in [3.63, 3.8) is 0 Å². The summed E-state index contributed by atoms with van der Waals surface area (Å²) >= 11 is 0. The second kappa shape index (κ2) is 4.97. The molecule has 0 unspecified atom stereocenters. The molecule has 0 aromatic carbocycles. The zero-order chi connectivity index (χ0) is 13.3. The predicted octanol–water partition coefficient (Wildman–Crippen LogP) is 1.88. The maximum atomic E-state index is 9.70. The lowest BCUT2D eigenvalue weighted by Gasteiger charge is -2.32. The van der Waals surface area contributed by atoms with E-state index in [4.69, 9.17) is 4.52 Å². The zero-order valence-corrected chi connectivity index (χ0v) is 11.7. The van der Waals surface area contributed by atoms with Crippen LogP contribution in [0.5, 0.6) is 0 Å². The van der Waals surface area contributed by atoms with Crippen LogP contribution in [0.3, 0.4) is 0 Å². The molecule has 2 rings (SSSR count). The molecule has 2 heterocycles. The van der Waals surface area contributed by atoms with Gasteiger partial charge in [0.25, 0.3) is 0 Å². The average molecular weight is 253 g/mol. The molecule has 1 saturated heterocycles. The monoisotopic (exact) mass is 253 g/mol. The lowest BCUT2D eigenvalue weighted by molar-refractivity contribution is 0.0422. The summed E-state index contributed by atoms with van der Waals surface area (Å²) in [5.74, 6) is 1.39. The highest BCUT2D eigenvalue weighted by Gasteiger charge is 2.28. The zero-order valence-electron chi connectivity index (χ0n) is 11.7.